The third-order valence-corrected chi connectivity index (χ3v) is 6.82. The molecule has 1 aromatic rings. The molecule has 0 fully saturated rings. The molecule has 0 atom stereocenters. The number of carbonyl (C=O) groups excluding carboxylic acids is 2. The Morgan fingerprint density at radius 3 is 2.03 bits per heavy atom. The van der Waals surface area contributed by atoms with Gasteiger partial charge in [-0.05, 0) is 70.9 Å². The Morgan fingerprint density at radius 1 is 0.806 bits per heavy atom. The summed E-state index contributed by atoms with van der Waals surface area (Å²) in [7, 11) is 0. The maximum absolute atomic E-state index is 12.9. The predicted octanol–water partition coefficient (Wildman–Crippen LogP) is 6.89. The fraction of sp³-hybridized carbons (Fsp3) is 0.600. The van der Waals surface area contributed by atoms with Crippen LogP contribution in [0, 0.1) is 0 Å². The second-order valence-electron chi connectivity index (χ2n) is 9.21. The minimum Gasteiger partial charge on any atom is -0.493 e. The van der Waals surface area contributed by atoms with Crippen molar-refractivity contribution in [2.45, 2.75) is 80.1 Å². The van der Waals surface area contributed by atoms with Crippen LogP contribution < -0.4 is 5.32 Å². The summed E-state index contributed by atoms with van der Waals surface area (Å²) in [5.74, 6) is 0.00423. The molecule has 0 aliphatic heterocycles. The average molecular weight is 502 g/mol. The average Bonchev–Trinajstić information content (AvgIpc) is 2.90. The highest BCUT2D eigenvalue weighted by Crippen LogP contribution is 2.18. The second-order valence-corrected chi connectivity index (χ2v) is 9.21. The van der Waals surface area contributed by atoms with Crippen LogP contribution in [0.15, 0.2) is 47.7 Å². The van der Waals surface area contributed by atoms with Gasteiger partial charge >= 0.3 is 5.97 Å². The number of quaternary nitrogens is 1. The van der Waals surface area contributed by atoms with Crippen molar-refractivity contribution >= 4 is 17.6 Å². The minimum absolute atomic E-state index is 0.241. The van der Waals surface area contributed by atoms with Gasteiger partial charge in [0.2, 0.25) is 0 Å². The van der Waals surface area contributed by atoms with Crippen molar-refractivity contribution in [3.05, 3.63) is 53.3 Å². The molecule has 0 saturated carbocycles. The number of anilines is 1. The Kier molecular flexibility index (Phi) is 15.5. The number of amides is 1. The fourth-order valence-electron chi connectivity index (χ4n) is 4.18. The molecular weight excluding hydrogens is 452 g/mol. The molecule has 0 aliphatic carbocycles. The van der Waals surface area contributed by atoms with Crippen LogP contribution in [-0.2, 0) is 14.3 Å². The van der Waals surface area contributed by atoms with E-state index < -0.39 is 0 Å². The van der Waals surface area contributed by atoms with Crippen molar-refractivity contribution in [2.75, 3.05) is 44.7 Å². The van der Waals surface area contributed by atoms with E-state index in [1.165, 1.54) is 25.7 Å². The fourth-order valence-corrected chi connectivity index (χ4v) is 4.18. The number of nitrogens with one attached hydrogen (secondary N) is 1. The first kappa shape index (κ1) is 31.4. The summed E-state index contributed by atoms with van der Waals surface area (Å²) < 4.78 is 12.4. The number of benzene rings is 1. The van der Waals surface area contributed by atoms with Crippen LogP contribution in [0.4, 0.5) is 5.69 Å². The Labute approximate surface area is 219 Å². The van der Waals surface area contributed by atoms with Gasteiger partial charge in [-0.2, -0.15) is 0 Å². The maximum Gasteiger partial charge on any atom is 0.338 e. The lowest BCUT2D eigenvalue weighted by molar-refractivity contribution is -0.925. The first-order valence-electron chi connectivity index (χ1n) is 13.8. The summed E-state index contributed by atoms with van der Waals surface area (Å²) in [6.07, 6.45) is 10.4. The van der Waals surface area contributed by atoms with Crippen LogP contribution in [0.3, 0.4) is 0 Å². The summed E-state index contributed by atoms with van der Waals surface area (Å²) in [5, 5.41) is 2.90. The van der Waals surface area contributed by atoms with Gasteiger partial charge in [0.1, 0.15) is 18.9 Å². The number of likely N-dealkylation sites (N-methyl/N-ethyl adjacent to an activating group) is 1. The van der Waals surface area contributed by atoms with Gasteiger partial charge < -0.3 is 19.3 Å². The number of unbranched alkanes of at least 4 members (excludes halogenated alkanes) is 4. The molecule has 1 aromatic carbocycles. The smallest absolute Gasteiger partial charge is 0.338 e. The molecule has 6 heteroatoms. The first-order chi connectivity index (χ1) is 17.4. The topological polar surface area (TPSA) is 64.6 Å². The largest absolute Gasteiger partial charge is 0.493 e. The quantitative estimate of drug-likeness (QED) is 0.0594. The van der Waals surface area contributed by atoms with E-state index in [0.29, 0.717) is 35.8 Å². The molecule has 0 saturated heterocycles. The van der Waals surface area contributed by atoms with Crippen LogP contribution >= 0.6 is 0 Å². The maximum atomic E-state index is 12.9. The molecule has 0 unspecified atom stereocenters. The SMILES string of the molecule is C/C=C(OCCCCCC)\C(=C/C)C(=O)Nc1ccc(C(=O)OCC[N+](CC)(CC)CCCC)cc1. The van der Waals surface area contributed by atoms with E-state index in [0.717, 1.165) is 43.5 Å². The summed E-state index contributed by atoms with van der Waals surface area (Å²) in [6.45, 7) is 17.5. The van der Waals surface area contributed by atoms with E-state index in [4.69, 9.17) is 9.47 Å². The van der Waals surface area contributed by atoms with E-state index in [1.807, 2.05) is 19.9 Å². The van der Waals surface area contributed by atoms with Gasteiger partial charge in [0.15, 0.2) is 0 Å². The van der Waals surface area contributed by atoms with Crippen molar-refractivity contribution in [2.24, 2.45) is 0 Å². The highest BCUT2D eigenvalue weighted by molar-refractivity contribution is 6.06. The lowest BCUT2D eigenvalue weighted by Gasteiger charge is -2.36. The highest BCUT2D eigenvalue weighted by atomic mass is 16.5. The van der Waals surface area contributed by atoms with E-state index >= 15 is 0 Å². The van der Waals surface area contributed by atoms with Crippen molar-refractivity contribution in [3.63, 3.8) is 0 Å². The minimum atomic E-state index is -0.338. The number of hydrogen-bond donors (Lipinski definition) is 1. The molecule has 0 heterocycles. The van der Waals surface area contributed by atoms with Crippen LogP contribution in [0.2, 0.25) is 0 Å². The number of rotatable bonds is 18. The second kappa shape index (κ2) is 17.8. The van der Waals surface area contributed by atoms with Crippen molar-refractivity contribution in [1.29, 1.82) is 0 Å². The van der Waals surface area contributed by atoms with Gasteiger partial charge in [0.25, 0.3) is 5.91 Å². The third-order valence-electron chi connectivity index (χ3n) is 6.82. The van der Waals surface area contributed by atoms with Crippen molar-refractivity contribution < 1.29 is 23.5 Å². The van der Waals surface area contributed by atoms with E-state index in [2.05, 4.69) is 33.0 Å². The summed E-state index contributed by atoms with van der Waals surface area (Å²) in [6, 6.07) is 6.82. The standard InChI is InChI=1S/C30H48N2O4/c1-7-13-15-16-23-35-28(10-4)27(9-3)29(33)31-26-19-17-25(18-20-26)30(34)36-24-22-32(11-5,12-6)21-14-8-2/h9-10,17-20H,7-8,11-16,21-24H2,1-6H3/p+1/b27-9+,28-10+. The van der Waals surface area contributed by atoms with Gasteiger partial charge in [-0.15, -0.1) is 0 Å². The Morgan fingerprint density at radius 2 is 1.47 bits per heavy atom. The third kappa shape index (κ3) is 10.6. The molecular formula is C30H49N2O4+. The molecule has 6 nitrogen and oxygen atoms in total. The summed E-state index contributed by atoms with van der Waals surface area (Å²) in [4.78, 5) is 25.4. The van der Waals surface area contributed by atoms with Crippen LogP contribution in [0.25, 0.3) is 0 Å². The molecule has 1 rings (SSSR count). The molecule has 36 heavy (non-hydrogen) atoms. The molecule has 1 N–H and O–H groups in total. The van der Waals surface area contributed by atoms with Crippen LogP contribution in [0.1, 0.15) is 90.4 Å². The Bertz CT molecular complexity index is 839. The molecule has 0 aromatic heterocycles. The van der Waals surface area contributed by atoms with Crippen molar-refractivity contribution in [3.8, 4) is 0 Å². The van der Waals surface area contributed by atoms with Gasteiger partial charge in [-0.25, -0.2) is 4.79 Å². The zero-order valence-electron chi connectivity index (χ0n) is 23.5. The number of ether oxygens (including phenoxy) is 2. The summed E-state index contributed by atoms with van der Waals surface area (Å²) in [5.41, 5.74) is 1.58. The Balaban J connectivity index is 2.65. The molecule has 1 amide bonds. The molecule has 0 aliphatic rings. The normalized spacial score (nSPS) is 12.4. The first-order valence-corrected chi connectivity index (χ1v) is 13.8. The predicted molar refractivity (Wildman–Crippen MR) is 149 cm³/mol. The number of allylic oxidation sites excluding steroid dienone is 2. The van der Waals surface area contributed by atoms with Crippen LogP contribution in [-0.4, -0.2) is 55.8 Å². The van der Waals surface area contributed by atoms with Crippen molar-refractivity contribution in [1.82, 2.24) is 0 Å². The van der Waals surface area contributed by atoms with E-state index in [9.17, 15) is 9.59 Å². The number of nitrogens with zero attached hydrogens (tertiary/aromatic N) is 1. The summed E-state index contributed by atoms with van der Waals surface area (Å²) >= 11 is 0. The number of carbonyl (C=O) groups is 2. The molecule has 0 radical (unpaired) electrons. The lowest BCUT2D eigenvalue weighted by atomic mass is 10.1. The number of esters is 1. The van der Waals surface area contributed by atoms with Gasteiger partial charge in [0.05, 0.1) is 37.4 Å². The van der Waals surface area contributed by atoms with Crippen LogP contribution in [0.5, 0.6) is 0 Å². The Hall–Kier alpha value is -2.60. The zero-order valence-corrected chi connectivity index (χ0v) is 23.5. The molecule has 0 bridgehead atoms. The molecule has 0 spiro atoms. The highest BCUT2D eigenvalue weighted by Gasteiger charge is 2.23. The van der Waals surface area contributed by atoms with Gasteiger partial charge in [-0.3, -0.25) is 4.79 Å². The number of hydrogen-bond acceptors (Lipinski definition) is 4. The van der Waals surface area contributed by atoms with E-state index in [1.54, 1.807) is 30.3 Å². The molecule has 202 valence electrons. The monoisotopic (exact) mass is 501 g/mol. The van der Waals surface area contributed by atoms with E-state index in [-0.39, 0.29) is 11.9 Å². The van der Waals surface area contributed by atoms with Gasteiger partial charge in [0, 0.05) is 5.69 Å². The zero-order chi connectivity index (χ0) is 26.8. The lowest BCUT2D eigenvalue weighted by Crippen LogP contribution is -2.50. The van der Waals surface area contributed by atoms with Gasteiger partial charge in [-0.1, -0.05) is 45.6 Å².